The molecule has 0 aromatic rings. The molecule has 114 valence electrons. The first kappa shape index (κ1) is 16.9. The summed E-state index contributed by atoms with van der Waals surface area (Å²) in [6.45, 7) is 12.1. The Morgan fingerprint density at radius 2 is 1.79 bits per heavy atom. The van der Waals surface area contributed by atoms with Crippen LogP contribution < -0.4 is 5.73 Å². The summed E-state index contributed by atoms with van der Waals surface area (Å²) in [6.07, 6.45) is 5.68. The van der Waals surface area contributed by atoms with Crippen LogP contribution in [-0.2, 0) is 9.47 Å². The number of hydrogen-bond acceptors (Lipinski definition) is 3. The Morgan fingerprint density at radius 3 is 2.26 bits per heavy atom. The molecule has 1 fully saturated rings. The number of nitrogens with two attached hydrogens (primary N) is 1. The van der Waals surface area contributed by atoms with Crippen molar-refractivity contribution < 1.29 is 9.47 Å². The van der Waals surface area contributed by atoms with Gasteiger partial charge in [0.1, 0.15) is 0 Å². The molecule has 0 aliphatic heterocycles. The van der Waals surface area contributed by atoms with Gasteiger partial charge in [-0.3, -0.25) is 0 Å². The van der Waals surface area contributed by atoms with Crippen LogP contribution in [0.3, 0.4) is 0 Å². The quantitative estimate of drug-likeness (QED) is 0.722. The molecule has 0 amide bonds. The van der Waals surface area contributed by atoms with Gasteiger partial charge in [0.2, 0.25) is 0 Å². The fraction of sp³-hybridized carbons (Fsp3) is 1.00. The normalized spacial score (nSPS) is 28.6. The molecule has 0 radical (unpaired) electrons. The Labute approximate surface area is 119 Å². The second-order valence-electron chi connectivity index (χ2n) is 6.93. The van der Waals surface area contributed by atoms with Gasteiger partial charge in [0.15, 0.2) is 0 Å². The zero-order chi connectivity index (χ0) is 14.4. The second kappa shape index (κ2) is 7.61. The molecule has 19 heavy (non-hydrogen) atoms. The number of rotatable bonds is 7. The molecule has 1 aliphatic carbocycles. The Balaban J connectivity index is 2.34. The van der Waals surface area contributed by atoms with Gasteiger partial charge < -0.3 is 15.2 Å². The van der Waals surface area contributed by atoms with Crippen LogP contribution in [0.25, 0.3) is 0 Å². The molecule has 0 aromatic heterocycles. The highest BCUT2D eigenvalue weighted by molar-refractivity contribution is 4.91. The zero-order valence-electron chi connectivity index (χ0n) is 13.3. The summed E-state index contributed by atoms with van der Waals surface area (Å²) in [4.78, 5) is 0. The Kier molecular flexibility index (Phi) is 6.78. The molecule has 0 bridgehead atoms. The van der Waals surface area contributed by atoms with Crippen molar-refractivity contribution in [3.63, 3.8) is 0 Å². The summed E-state index contributed by atoms with van der Waals surface area (Å²) in [7, 11) is 0. The molecule has 1 aliphatic rings. The molecular formula is C16H33NO2. The van der Waals surface area contributed by atoms with E-state index in [1.807, 2.05) is 6.92 Å². The summed E-state index contributed by atoms with van der Waals surface area (Å²) in [5.41, 5.74) is 6.33. The van der Waals surface area contributed by atoms with Crippen LogP contribution >= 0.6 is 0 Å². The highest BCUT2D eigenvalue weighted by Crippen LogP contribution is 2.42. The summed E-state index contributed by atoms with van der Waals surface area (Å²) in [5, 5.41) is 0. The molecule has 0 spiro atoms. The van der Waals surface area contributed by atoms with Crippen LogP contribution in [-0.4, -0.2) is 32.0 Å². The first-order chi connectivity index (χ1) is 8.93. The van der Waals surface area contributed by atoms with Gasteiger partial charge in [-0.25, -0.2) is 0 Å². The number of ether oxygens (including phenoxy) is 2. The van der Waals surface area contributed by atoms with Crippen LogP contribution in [0.4, 0.5) is 0 Å². The third kappa shape index (κ3) is 5.41. The fourth-order valence-corrected chi connectivity index (χ4v) is 3.01. The third-order valence-corrected chi connectivity index (χ3v) is 4.54. The van der Waals surface area contributed by atoms with Crippen LogP contribution in [0.2, 0.25) is 0 Å². The fourth-order valence-electron chi connectivity index (χ4n) is 3.01. The van der Waals surface area contributed by atoms with E-state index in [0.717, 1.165) is 45.0 Å². The predicted molar refractivity (Wildman–Crippen MR) is 80.3 cm³/mol. The van der Waals surface area contributed by atoms with Gasteiger partial charge >= 0.3 is 0 Å². The van der Waals surface area contributed by atoms with Crippen LogP contribution in [0.15, 0.2) is 0 Å². The van der Waals surface area contributed by atoms with Crippen molar-refractivity contribution in [3.05, 3.63) is 0 Å². The van der Waals surface area contributed by atoms with E-state index in [0.29, 0.717) is 12.0 Å². The monoisotopic (exact) mass is 271 g/mol. The van der Waals surface area contributed by atoms with E-state index in [4.69, 9.17) is 15.2 Å². The van der Waals surface area contributed by atoms with Crippen molar-refractivity contribution in [3.8, 4) is 0 Å². The van der Waals surface area contributed by atoms with Gasteiger partial charge in [0.05, 0.1) is 5.60 Å². The van der Waals surface area contributed by atoms with E-state index in [1.54, 1.807) is 0 Å². The molecule has 3 nitrogen and oxygen atoms in total. The summed E-state index contributed by atoms with van der Waals surface area (Å²) in [6, 6.07) is 0. The van der Waals surface area contributed by atoms with E-state index < -0.39 is 0 Å². The lowest BCUT2D eigenvalue weighted by molar-refractivity contribution is -0.0839. The molecule has 0 unspecified atom stereocenters. The molecule has 1 saturated carbocycles. The lowest BCUT2D eigenvalue weighted by atomic mass is 9.68. The maximum Gasteiger partial charge on any atom is 0.0804 e. The van der Waals surface area contributed by atoms with Gasteiger partial charge in [-0.1, -0.05) is 20.8 Å². The van der Waals surface area contributed by atoms with Gasteiger partial charge in [-0.15, -0.1) is 0 Å². The van der Waals surface area contributed by atoms with Crippen molar-refractivity contribution in [1.29, 1.82) is 0 Å². The summed E-state index contributed by atoms with van der Waals surface area (Å²) in [5.74, 6) is 0.805. The molecule has 0 heterocycles. The second-order valence-corrected chi connectivity index (χ2v) is 6.93. The molecule has 0 saturated heterocycles. The average molecular weight is 271 g/mol. The highest BCUT2D eigenvalue weighted by Gasteiger charge is 2.38. The molecular weight excluding hydrogens is 238 g/mol. The summed E-state index contributed by atoms with van der Waals surface area (Å²) >= 11 is 0. The molecule has 1 rings (SSSR count). The predicted octanol–water partition coefficient (Wildman–Crippen LogP) is 3.36. The molecule has 3 heteroatoms. The largest absolute Gasteiger partial charge is 0.382 e. The minimum absolute atomic E-state index is 0.0615. The van der Waals surface area contributed by atoms with Gasteiger partial charge in [0.25, 0.3) is 0 Å². The van der Waals surface area contributed by atoms with Crippen LogP contribution in [0.5, 0.6) is 0 Å². The van der Waals surface area contributed by atoms with E-state index in [1.165, 1.54) is 12.8 Å². The SMILES string of the molecule is CCOCCCOC1(CN)CCC(C(C)(C)C)CC1. The molecule has 0 atom stereocenters. The first-order valence-electron chi connectivity index (χ1n) is 7.85. The maximum absolute atomic E-state index is 6.12. The van der Waals surface area contributed by atoms with Gasteiger partial charge in [0, 0.05) is 26.4 Å². The van der Waals surface area contributed by atoms with Crippen molar-refractivity contribution in [2.24, 2.45) is 17.1 Å². The van der Waals surface area contributed by atoms with Crippen LogP contribution in [0.1, 0.15) is 59.8 Å². The van der Waals surface area contributed by atoms with E-state index in [9.17, 15) is 0 Å². The zero-order valence-corrected chi connectivity index (χ0v) is 13.3. The van der Waals surface area contributed by atoms with Gasteiger partial charge in [-0.05, 0) is 50.4 Å². The minimum Gasteiger partial charge on any atom is -0.382 e. The van der Waals surface area contributed by atoms with Crippen molar-refractivity contribution in [2.45, 2.75) is 65.4 Å². The minimum atomic E-state index is -0.0615. The molecule has 0 aromatic carbocycles. The highest BCUT2D eigenvalue weighted by atomic mass is 16.5. The standard InChI is InChI=1S/C16H33NO2/c1-5-18-11-6-12-19-16(13-17)9-7-14(8-10-16)15(2,3)4/h14H,5-13,17H2,1-4H3. The lowest BCUT2D eigenvalue weighted by Gasteiger charge is -2.43. The van der Waals surface area contributed by atoms with Crippen molar-refractivity contribution >= 4 is 0 Å². The lowest BCUT2D eigenvalue weighted by Crippen LogP contribution is -2.45. The van der Waals surface area contributed by atoms with E-state index in [-0.39, 0.29) is 5.60 Å². The topological polar surface area (TPSA) is 44.5 Å². The third-order valence-electron chi connectivity index (χ3n) is 4.54. The van der Waals surface area contributed by atoms with Gasteiger partial charge in [-0.2, -0.15) is 0 Å². The van der Waals surface area contributed by atoms with Crippen molar-refractivity contribution in [1.82, 2.24) is 0 Å². The Hall–Kier alpha value is -0.120. The number of hydrogen-bond donors (Lipinski definition) is 1. The Morgan fingerprint density at radius 1 is 1.16 bits per heavy atom. The average Bonchev–Trinajstić information content (AvgIpc) is 2.38. The smallest absolute Gasteiger partial charge is 0.0804 e. The van der Waals surface area contributed by atoms with E-state index in [2.05, 4.69) is 20.8 Å². The van der Waals surface area contributed by atoms with Crippen molar-refractivity contribution in [2.75, 3.05) is 26.4 Å². The van der Waals surface area contributed by atoms with Crippen LogP contribution in [0, 0.1) is 11.3 Å². The Bertz CT molecular complexity index is 240. The summed E-state index contributed by atoms with van der Waals surface area (Å²) < 4.78 is 11.5. The first-order valence-corrected chi connectivity index (χ1v) is 7.85. The van der Waals surface area contributed by atoms with E-state index >= 15 is 0 Å². The maximum atomic E-state index is 6.12. The molecule has 2 N–H and O–H groups in total.